The quantitative estimate of drug-likeness (QED) is 0.645. The van der Waals surface area contributed by atoms with Crippen LogP contribution in [0.25, 0.3) is 0 Å². The molecule has 23 heavy (non-hydrogen) atoms. The van der Waals surface area contributed by atoms with Crippen molar-refractivity contribution in [2.75, 3.05) is 19.6 Å². The molecule has 1 atom stereocenters. The first-order valence-corrected chi connectivity index (χ1v) is 7.15. The summed E-state index contributed by atoms with van der Waals surface area (Å²) in [6.07, 6.45) is 0.982. The number of hydrogen-bond acceptors (Lipinski definition) is 4. The fraction of sp³-hybridized carbons (Fsp3) is 0.333. The third-order valence-corrected chi connectivity index (χ3v) is 4.05. The minimum absolute atomic E-state index is 0.0424. The molecule has 0 spiro atoms. The molecular formula is C15H14FN3O4. The monoisotopic (exact) mass is 319 g/mol. The van der Waals surface area contributed by atoms with E-state index < -0.39 is 23.8 Å². The van der Waals surface area contributed by atoms with Crippen LogP contribution in [0.5, 0.6) is 0 Å². The summed E-state index contributed by atoms with van der Waals surface area (Å²) in [6, 6.07) is 2.68. The number of halogens is 1. The molecule has 2 aliphatic heterocycles. The number of likely N-dealkylation sites (tertiary alicyclic amines) is 1. The Kier molecular flexibility index (Phi) is 3.81. The molecule has 8 heteroatoms. The van der Waals surface area contributed by atoms with Crippen LogP contribution in [0.1, 0.15) is 27.1 Å². The smallest absolute Gasteiger partial charge is 0.324 e. The highest BCUT2D eigenvalue weighted by atomic mass is 19.1. The van der Waals surface area contributed by atoms with Crippen LogP contribution < -0.4 is 5.32 Å². The Morgan fingerprint density at radius 3 is 2.78 bits per heavy atom. The second-order valence-electron chi connectivity index (χ2n) is 5.47. The Labute approximate surface area is 131 Å². The number of hydrogen-bond donors (Lipinski definition) is 1. The molecule has 0 aromatic heterocycles. The third-order valence-electron chi connectivity index (χ3n) is 4.05. The zero-order chi connectivity index (χ0) is 16.6. The first-order chi connectivity index (χ1) is 11.0. The van der Waals surface area contributed by atoms with Gasteiger partial charge in [-0.25, -0.2) is 9.18 Å². The number of amides is 4. The molecule has 2 fully saturated rings. The number of nitrogens with one attached hydrogen (secondary N) is 1. The maximum absolute atomic E-state index is 13.8. The Bertz CT molecular complexity index is 690. The summed E-state index contributed by atoms with van der Waals surface area (Å²) in [5.41, 5.74) is 0.0204. The Morgan fingerprint density at radius 2 is 2.13 bits per heavy atom. The highest BCUT2D eigenvalue weighted by Crippen LogP contribution is 2.21. The average molecular weight is 319 g/mol. The van der Waals surface area contributed by atoms with E-state index >= 15 is 0 Å². The number of carbonyl (C=O) groups is 4. The average Bonchev–Trinajstić information content (AvgIpc) is 3.14. The molecule has 1 N–H and O–H groups in total. The maximum atomic E-state index is 13.8. The van der Waals surface area contributed by atoms with E-state index in [4.69, 9.17) is 0 Å². The van der Waals surface area contributed by atoms with Crippen LogP contribution in [0.4, 0.5) is 9.18 Å². The SMILES string of the molecule is O=Cc1ccc(F)c(C(=O)N2CC[C@@H](N3C(=O)CNC3=O)C2)c1. The zero-order valence-electron chi connectivity index (χ0n) is 12.1. The molecule has 0 aliphatic carbocycles. The van der Waals surface area contributed by atoms with Gasteiger partial charge < -0.3 is 10.2 Å². The molecule has 1 aromatic carbocycles. The normalized spacial score (nSPS) is 20.8. The Morgan fingerprint density at radius 1 is 1.35 bits per heavy atom. The van der Waals surface area contributed by atoms with E-state index in [-0.39, 0.29) is 30.1 Å². The van der Waals surface area contributed by atoms with E-state index in [1.54, 1.807) is 0 Å². The van der Waals surface area contributed by atoms with E-state index in [2.05, 4.69) is 5.32 Å². The highest BCUT2D eigenvalue weighted by molar-refractivity contribution is 6.02. The Hall–Kier alpha value is -2.77. The van der Waals surface area contributed by atoms with Gasteiger partial charge in [-0.05, 0) is 24.6 Å². The molecule has 2 saturated heterocycles. The van der Waals surface area contributed by atoms with Crippen molar-refractivity contribution in [2.24, 2.45) is 0 Å². The van der Waals surface area contributed by atoms with Crippen LogP contribution in [0, 0.1) is 5.82 Å². The summed E-state index contributed by atoms with van der Waals surface area (Å²) in [4.78, 5) is 49.0. The lowest BCUT2D eigenvalue weighted by atomic mass is 10.1. The molecule has 0 saturated carbocycles. The number of nitrogens with zero attached hydrogens (tertiary/aromatic N) is 2. The Balaban J connectivity index is 1.76. The molecule has 0 unspecified atom stereocenters. The zero-order valence-corrected chi connectivity index (χ0v) is 12.1. The van der Waals surface area contributed by atoms with Crippen LogP contribution in [0.15, 0.2) is 18.2 Å². The first kappa shape index (κ1) is 15.1. The molecule has 2 heterocycles. The molecule has 0 bridgehead atoms. The van der Waals surface area contributed by atoms with Crippen molar-refractivity contribution < 1.29 is 23.6 Å². The minimum Gasteiger partial charge on any atom is -0.336 e. The van der Waals surface area contributed by atoms with Crippen LogP contribution in [0.3, 0.4) is 0 Å². The lowest BCUT2D eigenvalue weighted by molar-refractivity contribution is -0.126. The predicted molar refractivity (Wildman–Crippen MR) is 76.3 cm³/mol. The number of imide groups is 1. The first-order valence-electron chi connectivity index (χ1n) is 7.15. The van der Waals surface area contributed by atoms with Crippen LogP contribution in [0.2, 0.25) is 0 Å². The summed E-state index contributed by atoms with van der Waals surface area (Å²) in [6.45, 7) is 0.424. The van der Waals surface area contributed by atoms with Crippen molar-refractivity contribution >= 4 is 24.1 Å². The highest BCUT2D eigenvalue weighted by Gasteiger charge is 2.40. The van der Waals surface area contributed by atoms with E-state index in [1.165, 1.54) is 17.0 Å². The molecule has 3 rings (SSSR count). The van der Waals surface area contributed by atoms with E-state index in [1.807, 2.05) is 0 Å². The van der Waals surface area contributed by atoms with Gasteiger partial charge in [-0.3, -0.25) is 19.3 Å². The second kappa shape index (κ2) is 5.79. The van der Waals surface area contributed by atoms with Crippen molar-refractivity contribution in [3.63, 3.8) is 0 Å². The summed E-state index contributed by atoms with van der Waals surface area (Å²) in [5.74, 6) is -1.59. The van der Waals surface area contributed by atoms with E-state index in [0.29, 0.717) is 19.3 Å². The van der Waals surface area contributed by atoms with Gasteiger partial charge in [-0.15, -0.1) is 0 Å². The van der Waals surface area contributed by atoms with Gasteiger partial charge in [-0.2, -0.15) is 0 Å². The van der Waals surface area contributed by atoms with Crippen molar-refractivity contribution in [1.82, 2.24) is 15.1 Å². The standard InChI is InChI=1S/C15H14FN3O4/c16-12-2-1-9(8-20)5-11(12)14(22)18-4-3-10(7-18)19-13(21)6-17-15(19)23/h1-2,5,8,10H,3-4,6-7H2,(H,17,23)/t10-/m1/s1. The lowest BCUT2D eigenvalue weighted by Gasteiger charge is -2.21. The number of aldehydes is 1. The van der Waals surface area contributed by atoms with Crippen LogP contribution in [-0.2, 0) is 4.79 Å². The fourth-order valence-electron chi connectivity index (χ4n) is 2.89. The van der Waals surface area contributed by atoms with Gasteiger partial charge in [-0.1, -0.05) is 0 Å². The van der Waals surface area contributed by atoms with Gasteiger partial charge in [0.2, 0.25) is 5.91 Å². The summed E-state index contributed by atoms with van der Waals surface area (Å²) in [7, 11) is 0. The van der Waals surface area contributed by atoms with Gasteiger partial charge in [0.25, 0.3) is 5.91 Å². The number of rotatable bonds is 3. The van der Waals surface area contributed by atoms with Gasteiger partial charge in [0.15, 0.2) is 0 Å². The second-order valence-corrected chi connectivity index (χ2v) is 5.47. The van der Waals surface area contributed by atoms with Crippen molar-refractivity contribution in [1.29, 1.82) is 0 Å². The molecule has 7 nitrogen and oxygen atoms in total. The predicted octanol–water partition coefficient (Wildman–Crippen LogP) is 0.404. The maximum Gasteiger partial charge on any atom is 0.324 e. The molecule has 2 aliphatic rings. The third kappa shape index (κ3) is 2.67. The summed E-state index contributed by atoms with van der Waals surface area (Å²) in [5, 5.41) is 2.43. The van der Waals surface area contributed by atoms with E-state index in [0.717, 1.165) is 11.0 Å². The van der Waals surface area contributed by atoms with Crippen molar-refractivity contribution in [3.05, 3.63) is 35.1 Å². The number of carbonyl (C=O) groups excluding carboxylic acids is 4. The summed E-state index contributed by atoms with van der Waals surface area (Å²) < 4.78 is 13.8. The molecular weight excluding hydrogens is 305 g/mol. The van der Waals surface area contributed by atoms with Gasteiger partial charge in [0.05, 0.1) is 18.2 Å². The van der Waals surface area contributed by atoms with Crippen molar-refractivity contribution in [3.8, 4) is 0 Å². The molecule has 4 amide bonds. The molecule has 120 valence electrons. The fourth-order valence-corrected chi connectivity index (χ4v) is 2.89. The van der Waals surface area contributed by atoms with Crippen LogP contribution in [-0.4, -0.2) is 59.6 Å². The van der Waals surface area contributed by atoms with Gasteiger partial charge >= 0.3 is 6.03 Å². The molecule has 1 aromatic rings. The summed E-state index contributed by atoms with van der Waals surface area (Å²) >= 11 is 0. The lowest BCUT2D eigenvalue weighted by Crippen LogP contribution is -2.43. The number of urea groups is 1. The van der Waals surface area contributed by atoms with E-state index in [9.17, 15) is 23.6 Å². The van der Waals surface area contributed by atoms with Gasteiger partial charge in [0, 0.05) is 18.7 Å². The minimum atomic E-state index is -0.709. The van der Waals surface area contributed by atoms with Crippen molar-refractivity contribution in [2.45, 2.75) is 12.5 Å². The number of benzene rings is 1. The van der Waals surface area contributed by atoms with Crippen LogP contribution >= 0.6 is 0 Å². The largest absolute Gasteiger partial charge is 0.336 e. The molecule has 0 radical (unpaired) electrons. The topological polar surface area (TPSA) is 86.8 Å². The van der Waals surface area contributed by atoms with Gasteiger partial charge in [0.1, 0.15) is 12.1 Å².